The van der Waals surface area contributed by atoms with Gasteiger partial charge in [-0.15, -0.1) is 0 Å². The second-order valence-electron chi connectivity index (χ2n) is 7.67. The second-order valence-corrected chi connectivity index (χ2v) is 8.70. The van der Waals surface area contributed by atoms with Crippen LogP contribution in [0, 0.1) is 5.92 Å². The third-order valence-electron chi connectivity index (χ3n) is 5.20. The summed E-state index contributed by atoms with van der Waals surface area (Å²) in [6.07, 6.45) is 3.88. The number of nitrogens with one attached hydrogen (secondary N) is 2. The van der Waals surface area contributed by atoms with Gasteiger partial charge < -0.3 is 20.1 Å². The molecule has 2 aliphatic rings. The van der Waals surface area contributed by atoms with E-state index in [9.17, 15) is 9.59 Å². The van der Waals surface area contributed by atoms with Crippen LogP contribution in [0.4, 0.5) is 5.82 Å². The van der Waals surface area contributed by atoms with E-state index in [0.29, 0.717) is 39.7 Å². The van der Waals surface area contributed by atoms with Crippen LogP contribution in [-0.4, -0.2) is 48.3 Å². The summed E-state index contributed by atoms with van der Waals surface area (Å²) in [5.74, 6) is 1.17. The van der Waals surface area contributed by atoms with Gasteiger partial charge in [0.15, 0.2) is 5.17 Å². The third kappa shape index (κ3) is 5.46. The number of hydrogen-bond donors (Lipinski definition) is 2. The smallest absolute Gasteiger partial charge is 0.286 e. The Labute approximate surface area is 190 Å². The lowest BCUT2D eigenvalue weighted by Crippen LogP contribution is -2.30. The second kappa shape index (κ2) is 10.1. The highest BCUT2D eigenvalue weighted by Gasteiger charge is 2.23. The van der Waals surface area contributed by atoms with E-state index >= 15 is 0 Å². The van der Waals surface area contributed by atoms with Crippen LogP contribution < -0.4 is 15.4 Å². The van der Waals surface area contributed by atoms with Gasteiger partial charge in [0, 0.05) is 38.1 Å². The number of hydrogen-bond acceptors (Lipinski definition) is 7. The number of carbonyl (C=O) groups is 2. The molecule has 0 radical (unpaired) electrons. The summed E-state index contributed by atoms with van der Waals surface area (Å²) < 4.78 is 11.2. The fraction of sp³-hybridized carbons (Fsp3) is 0.391. The van der Waals surface area contributed by atoms with Crippen LogP contribution in [0.15, 0.2) is 34.2 Å². The molecule has 1 saturated heterocycles. The zero-order chi connectivity index (χ0) is 22.5. The number of pyridine rings is 1. The Morgan fingerprint density at radius 3 is 2.88 bits per heavy atom. The number of fused-ring (bicyclic) bond motifs is 1. The zero-order valence-electron chi connectivity index (χ0n) is 18.1. The minimum atomic E-state index is -0.242. The average molecular weight is 455 g/mol. The van der Waals surface area contributed by atoms with Crippen LogP contribution in [0.5, 0.6) is 5.75 Å². The predicted molar refractivity (Wildman–Crippen MR) is 127 cm³/mol. The van der Waals surface area contributed by atoms with Crippen molar-refractivity contribution >= 4 is 51.5 Å². The van der Waals surface area contributed by atoms with Gasteiger partial charge in [0.25, 0.3) is 5.91 Å². The Kier molecular flexibility index (Phi) is 7.06. The highest BCUT2D eigenvalue weighted by atomic mass is 32.2. The van der Waals surface area contributed by atoms with E-state index in [2.05, 4.69) is 20.6 Å². The molecule has 32 heavy (non-hydrogen) atoms. The van der Waals surface area contributed by atoms with Gasteiger partial charge in [-0.2, -0.15) is 4.99 Å². The number of nitrogens with zero attached hydrogens (tertiary/aromatic N) is 2. The molecule has 1 aromatic carbocycles. The molecule has 8 nitrogen and oxygen atoms in total. The Morgan fingerprint density at radius 2 is 2.12 bits per heavy atom. The molecule has 168 valence electrons. The molecule has 1 aromatic heterocycles. The van der Waals surface area contributed by atoms with Crippen molar-refractivity contribution in [2.45, 2.75) is 26.7 Å². The van der Waals surface area contributed by atoms with Crippen molar-refractivity contribution in [1.29, 1.82) is 0 Å². The summed E-state index contributed by atoms with van der Waals surface area (Å²) in [7, 11) is 0. The quantitative estimate of drug-likeness (QED) is 0.643. The number of amidine groups is 1. The maximum Gasteiger partial charge on any atom is 0.286 e. The fourth-order valence-corrected chi connectivity index (χ4v) is 4.46. The maximum atomic E-state index is 12.4. The molecular formula is C23H26N4O4S. The molecule has 0 aliphatic carbocycles. The SMILES string of the molecule is CCOc1cc(NC(C)=O)nc2ccc(/C=C3\SC(NCC4CCOCC4)=NC3=O)cc12. The average Bonchev–Trinajstić information content (AvgIpc) is 3.12. The predicted octanol–water partition coefficient (Wildman–Crippen LogP) is 3.58. The molecule has 3 heterocycles. The summed E-state index contributed by atoms with van der Waals surface area (Å²) in [6, 6.07) is 7.38. The molecule has 1 fully saturated rings. The number of carbonyl (C=O) groups excluding carboxylic acids is 2. The normalized spacial score (nSPS) is 18.1. The molecule has 4 rings (SSSR count). The largest absolute Gasteiger partial charge is 0.493 e. The highest BCUT2D eigenvalue weighted by Crippen LogP contribution is 2.32. The van der Waals surface area contributed by atoms with Crippen molar-refractivity contribution < 1.29 is 19.1 Å². The number of anilines is 1. The molecule has 2 amide bonds. The molecule has 9 heteroatoms. The first-order valence-electron chi connectivity index (χ1n) is 10.7. The zero-order valence-corrected chi connectivity index (χ0v) is 19.0. The number of benzene rings is 1. The first kappa shape index (κ1) is 22.3. The van der Waals surface area contributed by atoms with Gasteiger partial charge >= 0.3 is 0 Å². The standard InChI is InChI=1S/C23H26N4O4S/c1-3-31-19-12-21(25-14(2)28)26-18-5-4-16(10-17(18)19)11-20-22(29)27-23(32-20)24-13-15-6-8-30-9-7-15/h4-5,10-12,15H,3,6-9,13H2,1-2H3,(H,24,27,29)(H,25,26,28)/b20-11-. The molecule has 2 aromatic rings. The molecule has 0 spiro atoms. The van der Waals surface area contributed by atoms with Crippen molar-refractivity contribution in [2.75, 3.05) is 31.7 Å². The van der Waals surface area contributed by atoms with E-state index in [1.54, 1.807) is 6.07 Å². The molecule has 0 atom stereocenters. The van der Waals surface area contributed by atoms with Gasteiger partial charge in [0.05, 0.1) is 17.0 Å². The maximum absolute atomic E-state index is 12.4. The lowest BCUT2D eigenvalue weighted by Gasteiger charge is -2.22. The summed E-state index contributed by atoms with van der Waals surface area (Å²) in [6.45, 7) is 6.20. The molecular weight excluding hydrogens is 428 g/mol. The molecule has 2 N–H and O–H groups in total. The van der Waals surface area contributed by atoms with Crippen LogP contribution in [-0.2, 0) is 14.3 Å². The number of ether oxygens (including phenoxy) is 2. The van der Waals surface area contributed by atoms with E-state index in [4.69, 9.17) is 9.47 Å². The van der Waals surface area contributed by atoms with Crippen molar-refractivity contribution in [2.24, 2.45) is 10.9 Å². The van der Waals surface area contributed by atoms with Crippen LogP contribution in [0.1, 0.15) is 32.3 Å². The van der Waals surface area contributed by atoms with E-state index < -0.39 is 0 Å². The molecule has 0 saturated carbocycles. The summed E-state index contributed by atoms with van der Waals surface area (Å²) in [5, 5.41) is 7.46. The Morgan fingerprint density at radius 1 is 1.31 bits per heavy atom. The molecule has 0 bridgehead atoms. The van der Waals surface area contributed by atoms with Crippen molar-refractivity contribution in [1.82, 2.24) is 10.3 Å². The van der Waals surface area contributed by atoms with Crippen LogP contribution in [0.2, 0.25) is 0 Å². The van der Waals surface area contributed by atoms with Gasteiger partial charge in [-0.1, -0.05) is 6.07 Å². The van der Waals surface area contributed by atoms with Gasteiger partial charge in [-0.25, -0.2) is 4.98 Å². The molecule has 2 aliphatic heterocycles. The number of rotatable bonds is 6. The number of thioether (sulfide) groups is 1. The van der Waals surface area contributed by atoms with E-state index in [-0.39, 0.29) is 11.8 Å². The first-order valence-corrected chi connectivity index (χ1v) is 11.5. The van der Waals surface area contributed by atoms with Crippen LogP contribution >= 0.6 is 11.8 Å². The minimum Gasteiger partial charge on any atom is -0.493 e. The van der Waals surface area contributed by atoms with Gasteiger partial charge in [0.1, 0.15) is 11.6 Å². The van der Waals surface area contributed by atoms with Crippen molar-refractivity contribution in [3.63, 3.8) is 0 Å². The van der Waals surface area contributed by atoms with Gasteiger partial charge in [0.2, 0.25) is 5.91 Å². The Hall–Kier alpha value is -2.91. The Balaban J connectivity index is 1.51. The third-order valence-corrected chi connectivity index (χ3v) is 6.14. The first-order chi connectivity index (χ1) is 15.5. The Bertz CT molecular complexity index is 1090. The molecule has 0 unspecified atom stereocenters. The van der Waals surface area contributed by atoms with E-state index in [0.717, 1.165) is 43.5 Å². The van der Waals surface area contributed by atoms with Gasteiger partial charge in [-0.05, 0) is 61.2 Å². The van der Waals surface area contributed by atoms with Crippen LogP contribution in [0.25, 0.3) is 17.0 Å². The monoisotopic (exact) mass is 454 g/mol. The number of amides is 2. The van der Waals surface area contributed by atoms with Crippen molar-refractivity contribution in [3.8, 4) is 5.75 Å². The highest BCUT2D eigenvalue weighted by molar-refractivity contribution is 8.18. The van der Waals surface area contributed by atoms with E-state index in [1.807, 2.05) is 31.2 Å². The number of aliphatic imine (C=N–C) groups is 1. The summed E-state index contributed by atoms with van der Waals surface area (Å²) >= 11 is 1.36. The van der Waals surface area contributed by atoms with Crippen molar-refractivity contribution in [3.05, 3.63) is 34.7 Å². The van der Waals surface area contributed by atoms with Gasteiger partial charge in [-0.3, -0.25) is 9.59 Å². The van der Waals surface area contributed by atoms with Crippen LogP contribution in [0.3, 0.4) is 0 Å². The lowest BCUT2D eigenvalue weighted by atomic mass is 10.0. The minimum absolute atomic E-state index is 0.196. The summed E-state index contributed by atoms with van der Waals surface area (Å²) in [5.41, 5.74) is 1.55. The lowest BCUT2D eigenvalue weighted by molar-refractivity contribution is -0.114. The topological polar surface area (TPSA) is 102 Å². The number of aromatic nitrogens is 1. The summed E-state index contributed by atoms with van der Waals surface area (Å²) in [4.78, 5) is 33.0. The fourth-order valence-electron chi connectivity index (χ4n) is 3.64. The van der Waals surface area contributed by atoms with E-state index in [1.165, 1.54) is 18.7 Å².